The molecule has 2 amide bonds. The van der Waals surface area contributed by atoms with Gasteiger partial charge in [0.2, 0.25) is 0 Å². The fourth-order valence-corrected chi connectivity index (χ4v) is 8.37. The Labute approximate surface area is 299 Å². The normalized spacial score (nSPS) is 23.0. The molecule has 2 bridgehead atoms. The summed E-state index contributed by atoms with van der Waals surface area (Å²) in [6.07, 6.45) is 0.847. The molecule has 4 aliphatic heterocycles. The maximum absolute atomic E-state index is 15.9. The molecule has 3 aromatic rings. The third kappa shape index (κ3) is 5.96. The lowest BCUT2D eigenvalue weighted by molar-refractivity contribution is 0.0515. The van der Waals surface area contributed by atoms with Gasteiger partial charge in [0.15, 0.2) is 6.73 Å². The summed E-state index contributed by atoms with van der Waals surface area (Å²) in [6.45, 7) is 5.59. The number of amides is 2. The highest BCUT2D eigenvalue weighted by atomic mass is 35.5. The van der Waals surface area contributed by atoms with Crippen molar-refractivity contribution in [2.75, 3.05) is 49.9 Å². The Balaban J connectivity index is 1.16. The molecule has 4 heterocycles. The molecule has 7 rings (SSSR count). The van der Waals surface area contributed by atoms with Gasteiger partial charge in [-0.3, -0.25) is 4.79 Å². The van der Waals surface area contributed by atoms with Crippen LogP contribution in [0.25, 0.3) is 11.1 Å². The average Bonchev–Trinajstić information content (AvgIpc) is 3.34. The number of benzene rings is 3. The van der Waals surface area contributed by atoms with Crippen molar-refractivity contribution < 1.29 is 38.1 Å². The molecule has 3 fully saturated rings. The van der Waals surface area contributed by atoms with Gasteiger partial charge in [-0.2, -0.15) is 0 Å². The summed E-state index contributed by atoms with van der Waals surface area (Å²) in [6, 6.07) is 11.4. The lowest BCUT2D eigenvalue weighted by Crippen LogP contribution is -2.58. The Kier molecular flexibility index (Phi) is 9.21. The summed E-state index contributed by atoms with van der Waals surface area (Å²) < 4.78 is 32.9. The van der Waals surface area contributed by atoms with Crippen molar-refractivity contribution in [3.8, 4) is 16.9 Å². The van der Waals surface area contributed by atoms with Crippen molar-refractivity contribution in [3.63, 3.8) is 0 Å². The number of hydrogen-bond donors (Lipinski definition) is 1. The number of fused-ring (bicyclic) bond motifs is 3. The average molecular weight is 728 g/mol. The molecule has 0 aromatic heterocycles. The molecular weight excluding hydrogens is 690 g/mol. The number of anilines is 2. The third-order valence-electron chi connectivity index (χ3n) is 10.2. The summed E-state index contributed by atoms with van der Waals surface area (Å²) in [5, 5.41) is 9.85. The van der Waals surface area contributed by atoms with Gasteiger partial charge < -0.3 is 38.9 Å². The van der Waals surface area contributed by atoms with E-state index in [-0.39, 0.29) is 64.2 Å². The molecule has 14 heteroatoms. The molecule has 0 spiro atoms. The number of piperazine rings is 1. The van der Waals surface area contributed by atoms with Gasteiger partial charge in [-0.1, -0.05) is 41.4 Å². The number of ether oxygens (including phenoxy) is 3. The Bertz CT molecular complexity index is 1840. The molecule has 1 N–H and O–H groups in total. The first-order valence-corrected chi connectivity index (χ1v) is 17.3. The van der Waals surface area contributed by atoms with Crippen LogP contribution in [-0.2, 0) is 16.0 Å². The number of nitrogens with zero attached hydrogens (tertiary/aromatic N) is 4. The van der Waals surface area contributed by atoms with E-state index in [1.807, 2.05) is 24.8 Å². The highest BCUT2D eigenvalue weighted by Gasteiger charge is 2.40. The standard InChI is InChI=1S/C36H37Cl2FN4O7/c1-19-14-42(36(46)47)20(2)13-41(19)24-9-28(37)32(29(38)10-24)34(44)40-15-21-5-4-6-25(33(21)50-18-40)26-12-31(27(11-30(26)39)35(45)48-3)43-22-7-8-23(43)17-49-16-22/h4-6,9-12,19-20,22-23H,7-8,13-18H2,1-3H3,(H,46,47)/t19-,20-,22?,23?/m1/s1. The van der Waals surface area contributed by atoms with Crippen molar-refractivity contribution in [1.29, 1.82) is 0 Å². The molecule has 3 aromatic carbocycles. The van der Waals surface area contributed by atoms with E-state index in [1.165, 1.54) is 23.0 Å². The Morgan fingerprint density at radius 1 is 0.960 bits per heavy atom. The maximum atomic E-state index is 15.9. The third-order valence-corrected chi connectivity index (χ3v) is 10.8. The zero-order valence-electron chi connectivity index (χ0n) is 27.8. The molecule has 2 unspecified atom stereocenters. The van der Waals surface area contributed by atoms with Gasteiger partial charge in [-0.25, -0.2) is 14.0 Å². The minimum atomic E-state index is -0.968. The van der Waals surface area contributed by atoms with E-state index in [1.54, 1.807) is 30.3 Å². The molecular formula is C36H37Cl2FN4O7. The molecule has 4 atom stereocenters. The predicted octanol–water partition coefficient (Wildman–Crippen LogP) is 6.52. The molecule has 4 aliphatic rings. The zero-order chi connectivity index (χ0) is 35.4. The highest BCUT2D eigenvalue weighted by Crippen LogP contribution is 2.44. The first-order chi connectivity index (χ1) is 24.0. The van der Waals surface area contributed by atoms with Crippen LogP contribution in [0, 0.1) is 5.82 Å². The molecule has 50 heavy (non-hydrogen) atoms. The summed E-state index contributed by atoms with van der Waals surface area (Å²) in [5.74, 6) is -1.21. The molecule has 264 valence electrons. The van der Waals surface area contributed by atoms with Crippen molar-refractivity contribution in [3.05, 3.63) is 75.0 Å². The summed E-state index contributed by atoms with van der Waals surface area (Å²) in [7, 11) is 1.28. The van der Waals surface area contributed by atoms with Gasteiger partial charge in [-0.05, 0) is 51.0 Å². The Morgan fingerprint density at radius 2 is 1.66 bits per heavy atom. The maximum Gasteiger partial charge on any atom is 0.407 e. The van der Waals surface area contributed by atoms with Crippen LogP contribution in [-0.4, -0.2) is 97.2 Å². The number of carboxylic acid groups (broad SMARTS) is 1. The summed E-state index contributed by atoms with van der Waals surface area (Å²) in [5.41, 5.74) is 2.99. The number of esters is 1. The van der Waals surface area contributed by atoms with E-state index in [0.717, 1.165) is 12.8 Å². The van der Waals surface area contributed by atoms with Crippen LogP contribution in [0.2, 0.25) is 10.0 Å². The number of hydrogen-bond acceptors (Lipinski definition) is 8. The number of carbonyl (C=O) groups excluding carboxylic acids is 2. The number of carbonyl (C=O) groups is 3. The smallest absolute Gasteiger partial charge is 0.407 e. The number of halogens is 3. The minimum Gasteiger partial charge on any atom is -0.472 e. The van der Waals surface area contributed by atoms with E-state index < -0.39 is 23.8 Å². The largest absolute Gasteiger partial charge is 0.472 e. The van der Waals surface area contributed by atoms with Crippen LogP contribution in [0.1, 0.15) is 53.0 Å². The number of morpholine rings is 1. The van der Waals surface area contributed by atoms with Gasteiger partial charge in [-0.15, -0.1) is 0 Å². The number of methoxy groups -OCH3 is 1. The fourth-order valence-electron chi connectivity index (χ4n) is 7.73. The van der Waals surface area contributed by atoms with Crippen molar-refractivity contribution in [2.45, 2.75) is 57.4 Å². The van der Waals surface area contributed by atoms with Gasteiger partial charge in [0.05, 0.1) is 65.8 Å². The van der Waals surface area contributed by atoms with Crippen molar-refractivity contribution in [2.24, 2.45) is 0 Å². The van der Waals surface area contributed by atoms with Gasteiger partial charge >= 0.3 is 12.1 Å². The minimum absolute atomic E-state index is 0.0674. The van der Waals surface area contributed by atoms with E-state index in [0.29, 0.717) is 54.6 Å². The Morgan fingerprint density at radius 3 is 2.32 bits per heavy atom. The quantitative estimate of drug-likeness (QED) is 0.294. The van der Waals surface area contributed by atoms with E-state index in [2.05, 4.69) is 4.90 Å². The van der Waals surface area contributed by atoms with Crippen LogP contribution in [0.4, 0.5) is 20.6 Å². The second kappa shape index (κ2) is 13.5. The molecule has 0 saturated carbocycles. The van der Waals surface area contributed by atoms with Crippen LogP contribution in [0.3, 0.4) is 0 Å². The Hall–Kier alpha value is -4.26. The molecule has 0 aliphatic carbocycles. The van der Waals surface area contributed by atoms with Gasteiger partial charge in [0.1, 0.15) is 11.6 Å². The van der Waals surface area contributed by atoms with Crippen molar-refractivity contribution >= 4 is 52.5 Å². The van der Waals surface area contributed by atoms with Crippen LogP contribution in [0.15, 0.2) is 42.5 Å². The van der Waals surface area contributed by atoms with E-state index in [9.17, 15) is 19.5 Å². The number of para-hydroxylation sites is 1. The van der Waals surface area contributed by atoms with E-state index in [4.69, 9.17) is 37.4 Å². The van der Waals surface area contributed by atoms with Crippen LogP contribution in [0.5, 0.6) is 5.75 Å². The molecule has 3 saturated heterocycles. The van der Waals surface area contributed by atoms with E-state index >= 15 is 4.39 Å². The topological polar surface area (TPSA) is 112 Å². The highest BCUT2D eigenvalue weighted by molar-refractivity contribution is 6.40. The molecule has 11 nitrogen and oxygen atoms in total. The zero-order valence-corrected chi connectivity index (χ0v) is 29.3. The van der Waals surface area contributed by atoms with Gasteiger partial charge in [0, 0.05) is 47.6 Å². The predicted molar refractivity (Wildman–Crippen MR) is 186 cm³/mol. The number of rotatable bonds is 5. The lowest BCUT2D eigenvalue weighted by Gasteiger charge is -2.44. The van der Waals surface area contributed by atoms with Crippen molar-refractivity contribution in [1.82, 2.24) is 9.80 Å². The van der Waals surface area contributed by atoms with Crippen LogP contribution >= 0.6 is 23.2 Å². The second-order valence-electron chi connectivity index (χ2n) is 13.3. The SMILES string of the molecule is COC(=O)c1cc(F)c(-c2cccc3c2OCN(C(=O)c2c(Cl)cc(N4C[C@@H](C)N(C(=O)O)C[C@H]4C)cc2Cl)C3)cc1N1C2CCC1COC2. The second-order valence-corrected chi connectivity index (χ2v) is 14.1. The fraction of sp³-hybridized carbons (Fsp3) is 0.417. The first-order valence-electron chi connectivity index (χ1n) is 16.5. The first kappa shape index (κ1) is 34.2. The van der Waals surface area contributed by atoms with Gasteiger partial charge in [0.25, 0.3) is 5.91 Å². The molecule has 0 radical (unpaired) electrons. The monoisotopic (exact) mass is 726 g/mol. The summed E-state index contributed by atoms with van der Waals surface area (Å²) >= 11 is 13.4. The van der Waals surface area contributed by atoms with Crippen LogP contribution < -0.4 is 14.5 Å². The lowest BCUT2D eigenvalue weighted by atomic mass is 9.96. The summed E-state index contributed by atoms with van der Waals surface area (Å²) in [4.78, 5) is 45.4.